The Kier molecular flexibility index (Phi) is 3.62. The highest BCUT2D eigenvalue weighted by molar-refractivity contribution is 7.97. The van der Waals surface area contributed by atoms with Crippen molar-refractivity contribution in [3.8, 4) is 5.88 Å². The van der Waals surface area contributed by atoms with Crippen LogP contribution < -0.4 is 4.74 Å². The van der Waals surface area contributed by atoms with E-state index in [1.54, 1.807) is 24.9 Å². The van der Waals surface area contributed by atoms with Crippen molar-refractivity contribution in [3.05, 3.63) is 17.0 Å². The fourth-order valence-electron chi connectivity index (χ4n) is 0.740. The lowest BCUT2D eigenvalue weighted by Crippen LogP contribution is -1.96. The molecule has 0 N–H and O–H groups in total. The van der Waals surface area contributed by atoms with Crippen LogP contribution in [-0.4, -0.2) is 23.3 Å². The molecule has 0 atom stereocenters. The van der Waals surface area contributed by atoms with E-state index in [9.17, 15) is 0 Å². The lowest BCUT2D eigenvalue weighted by molar-refractivity contribution is 0.395. The van der Waals surface area contributed by atoms with Crippen molar-refractivity contribution in [3.63, 3.8) is 0 Å². The summed E-state index contributed by atoms with van der Waals surface area (Å²) in [7, 11) is 1.56. The summed E-state index contributed by atoms with van der Waals surface area (Å²) >= 11 is 7.37. The van der Waals surface area contributed by atoms with Gasteiger partial charge in [0, 0.05) is 6.07 Å². The van der Waals surface area contributed by atoms with E-state index >= 15 is 0 Å². The van der Waals surface area contributed by atoms with Gasteiger partial charge in [-0.2, -0.15) is 16.7 Å². The number of methoxy groups -OCH3 is 1. The van der Waals surface area contributed by atoms with Crippen LogP contribution in [0.1, 0.15) is 5.82 Å². The van der Waals surface area contributed by atoms with Crippen molar-refractivity contribution in [1.82, 2.24) is 9.97 Å². The van der Waals surface area contributed by atoms with Gasteiger partial charge in [0.25, 0.3) is 0 Å². The predicted molar refractivity (Wildman–Crippen MR) is 50.8 cm³/mol. The summed E-state index contributed by atoms with van der Waals surface area (Å²) in [6, 6.07) is 1.59. The van der Waals surface area contributed by atoms with Crippen molar-refractivity contribution in [1.29, 1.82) is 0 Å². The molecule has 66 valence electrons. The van der Waals surface area contributed by atoms with E-state index in [1.165, 1.54) is 0 Å². The number of nitrogens with zero attached hydrogens (tertiary/aromatic N) is 2. The molecule has 12 heavy (non-hydrogen) atoms. The summed E-state index contributed by atoms with van der Waals surface area (Å²) in [6.45, 7) is 0. The Morgan fingerprint density at radius 2 is 2.33 bits per heavy atom. The number of aromatic nitrogens is 2. The van der Waals surface area contributed by atoms with Crippen LogP contribution in [0.2, 0.25) is 5.15 Å². The number of rotatable bonds is 3. The lowest BCUT2D eigenvalue weighted by Gasteiger charge is -2.01. The van der Waals surface area contributed by atoms with Gasteiger partial charge in [-0.1, -0.05) is 11.6 Å². The first-order chi connectivity index (χ1) is 5.76. The third kappa shape index (κ3) is 2.53. The topological polar surface area (TPSA) is 35.0 Å². The van der Waals surface area contributed by atoms with Gasteiger partial charge in [0.1, 0.15) is 11.0 Å². The summed E-state index contributed by atoms with van der Waals surface area (Å²) in [5.74, 6) is 1.96. The summed E-state index contributed by atoms with van der Waals surface area (Å²) < 4.78 is 4.94. The molecule has 0 aromatic carbocycles. The normalized spacial score (nSPS) is 9.92. The van der Waals surface area contributed by atoms with Gasteiger partial charge in [0.15, 0.2) is 0 Å². The number of halogens is 1. The molecule has 0 radical (unpaired) electrons. The number of hydrogen-bond acceptors (Lipinski definition) is 4. The zero-order valence-electron chi connectivity index (χ0n) is 6.87. The van der Waals surface area contributed by atoms with Crippen LogP contribution in [-0.2, 0) is 5.75 Å². The smallest absolute Gasteiger partial charge is 0.217 e. The standard InChI is InChI=1S/C7H9ClN2OS/c1-11-7-3-5(8)9-6(10-7)4-12-2/h3H,4H2,1-2H3. The molecule has 0 bridgehead atoms. The predicted octanol–water partition coefficient (Wildman–Crippen LogP) is 2.00. The molecule has 0 spiro atoms. The first-order valence-corrected chi connectivity index (χ1v) is 5.10. The quantitative estimate of drug-likeness (QED) is 0.706. The molecule has 0 fully saturated rings. The van der Waals surface area contributed by atoms with Crippen LogP contribution in [0, 0.1) is 0 Å². The van der Waals surface area contributed by atoms with Gasteiger partial charge in [-0.25, -0.2) is 4.98 Å². The van der Waals surface area contributed by atoms with E-state index in [1.807, 2.05) is 6.26 Å². The second kappa shape index (κ2) is 4.52. The van der Waals surface area contributed by atoms with E-state index in [0.29, 0.717) is 16.9 Å². The van der Waals surface area contributed by atoms with E-state index in [2.05, 4.69) is 9.97 Å². The highest BCUT2D eigenvalue weighted by atomic mass is 35.5. The fourth-order valence-corrected chi connectivity index (χ4v) is 1.32. The molecule has 0 saturated carbocycles. The van der Waals surface area contributed by atoms with E-state index in [0.717, 1.165) is 5.75 Å². The first-order valence-electron chi connectivity index (χ1n) is 3.32. The highest BCUT2D eigenvalue weighted by Gasteiger charge is 2.01. The maximum Gasteiger partial charge on any atom is 0.217 e. The third-order valence-corrected chi connectivity index (χ3v) is 1.94. The third-order valence-electron chi connectivity index (χ3n) is 1.20. The largest absolute Gasteiger partial charge is 0.481 e. The number of ether oxygens (including phenoxy) is 1. The first kappa shape index (κ1) is 9.61. The Labute approximate surface area is 80.5 Å². The minimum Gasteiger partial charge on any atom is -0.481 e. The lowest BCUT2D eigenvalue weighted by atomic mass is 10.6. The van der Waals surface area contributed by atoms with E-state index in [4.69, 9.17) is 16.3 Å². The zero-order chi connectivity index (χ0) is 8.97. The molecule has 0 aliphatic carbocycles. The van der Waals surface area contributed by atoms with Crippen molar-refractivity contribution in [2.24, 2.45) is 0 Å². The summed E-state index contributed by atoms with van der Waals surface area (Å²) in [5, 5.41) is 0.422. The maximum atomic E-state index is 5.72. The Morgan fingerprint density at radius 1 is 1.58 bits per heavy atom. The molecule has 0 saturated heterocycles. The second-order valence-electron chi connectivity index (χ2n) is 2.08. The minimum atomic E-state index is 0.422. The van der Waals surface area contributed by atoms with Crippen LogP contribution in [0.25, 0.3) is 0 Å². The average molecular weight is 205 g/mol. The molecule has 1 heterocycles. The van der Waals surface area contributed by atoms with Crippen LogP contribution in [0.5, 0.6) is 5.88 Å². The SMILES string of the molecule is COc1cc(Cl)nc(CSC)n1. The summed E-state index contributed by atoms with van der Waals surface area (Å²) in [5.41, 5.74) is 0. The summed E-state index contributed by atoms with van der Waals surface area (Å²) in [4.78, 5) is 8.13. The van der Waals surface area contributed by atoms with Gasteiger partial charge in [-0.15, -0.1) is 0 Å². The molecular formula is C7H9ClN2OS. The molecule has 0 aliphatic rings. The molecule has 0 aliphatic heterocycles. The van der Waals surface area contributed by atoms with Crippen LogP contribution in [0.15, 0.2) is 6.07 Å². The van der Waals surface area contributed by atoms with Gasteiger partial charge in [-0.05, 0) is 6.26 Å². The van der Waals surface area contributed by atoms with Gasteiger partial charge in [0.2, 0.25) is 5.88 Å². The molecule has 5 heteroatoms. The molecule has 3 nitrogen and oxygen atoms in total. The Morgan fingerprint density at radius 3 is 2.92 bits per heavy atom. The molecule has 1 aromatic rings. The Balaban J connectivity index is 2.90. The molecule has 0 unspecified atom stereocenters. The van der Waals surface area contributed by atoms with Gasteiger partial charge < -0.3 is 4.74 Å². The van der Waals surface area contributed by atoms with Crippen LogP contribution >= 0.6 is 23.4 Å². The maximum absolute atomic E-state index is 5.72. The van der Waals surface area contributed by atoms with Gasteiger partial charge in [0.05, 0.1) is 12.9 Å². The molecule has 0 amide bonds. The van der Waals surface area contributed by atoms with E-state index < -0.39 is 0 Å². The van der Waals surface area contributed by atoms with Crippen LogP contribution in [0.4, 0.5) is 0 Å². The Bertz CT molecular complexity index is 270. The van der Waals surface area contributed by atoms with E-state index in [-0.39, 0.29) is 0 Å². The fraction of sp³-hybridized carbons (Fsp3) is 0.429. The minimum absolute atomic E-state index is 0.422. The van der Waals surface area contributed by atoms with Gasteiger partial charge >= 0.3 is 0 Å². The van der Waals surface area contributed by atoms with Crippen LogP contribution in [0.3, 0.4) is 0 Å². The van der Waals surface area contributed by atoms with Gasteiger partial charge in [-0.3, -0.25) is 0 Å². The number of thioether (sulfide) groups is 1. The van der Waals surface area contributed by atoms with Crippen molar-refractivity contribution < 1.29 is 4.74 Å². The highest BCUT2D eigenvalue weighted by Crippen LogP contribution is 2.15. The molecular weight excluding hydrogens is 196 g/mol. The molecule has 1 rings (SSSR count). The van der Waals surface area contributed by atoms with Crippen molar-refractivity contribution in [2.75, 3.05) is 13.4 Å². The van der Waals surface area contributed by atoms with Crippen molar-refractivity contribution >= 4 is 23.4 Å². The van der Waals surface area contributed by atoms with Crippen molar-refractivity contribution in [2.45, 2.75) is 5.75 Å². The number of hydrogen-bond donors (Lipinski definition) is 0. The average Bonchev–Trinajstić information content (AvgIpc) is 2.04. The zero-order valence-corrected chi connectivity index (χ0v) is 8.45. The Hall–Kier alpha value is -0.480. The molecule has 1 aromatic heterocycles. The summed E-state index contributed by atoms with van der Waals surface area (Å²) in [6.07, 6.45) is 1.98. The second-order valence-corrected chi connectivity index (χ2v) is 3.34. The monoisotopic (exact) mass is 204 g/mol.